The number of hydrogen-bond donors (Lipinski definition) is 4. The highest BCUT2D eigenvalue weighted by molar-refractivity contribution is 7.92. The van der Waals surface area contributed by atoms with Gasteiger partial charge in [0.25, 0.3) is 5.91 Å². The summed E-state index contributed by atoms with van der Waals surface area (Å²) in [6, 6.07) is 13.2. The van der Waals surface area contributed by atoms with Crippen molar-refractivity contribution in [2.75, 3.05) is 13.1 Å². The van der Waals surface area contributed by atoms with E-state index in [4.69, 9.17) is 9.94 Å². The zero-order valence-electron chi connectivity index (χ0n) is 15.3. The van der Waals surface area contributed by atoms with E-state index >= 15 is 0 Å². The number of carbonyl (C=O) groups excluding carboxylic acids is 1. The number of aliphatic hydroxyl groups is 1. The molecule has 0 aliphatic carbocycles. The van der Waals surface area contributed by atoms with Crippen molar-refractivity contribution in [2.45, 2.75) is 29.1 Å². The molecule has 2 atom stereocenters. The number of benzene rings is 2. The lowest BCUT2D eigenvalue weighted by molar-refractivity contribution is -0.149. The van der Waals surface area contributed by atoms with Gasteiger partial charge in [-0.1, -0.05) is 17.7 Å². The first-order valence-corrected chi connectivity index (χ1v) is 10.3. The molecule has 8 nitrogen and oxygen atoms in total. The third-order valence-corrected chi connectivity index (χ3v) is 7.09. The van der Waals surface area contributed by atoms with Crippen molar-refractivity contribution in [1.29, 1.82) is 0 Å². The fourth-order valence-electron chi connectivity index (χ4n) is 3.20. The third-order valence-electron chi connectivity index (χ3n) is 4.79. The van der Waals surface area contributed by atoms with E-state index in [1.165, 1.54) is 29.7 Å². The van der Waals surface area contributed by atoms with Crippen molar-refractivity contribution in [1.82, 2.24) is 10.8 Å². The lowest BCUT2D eigenvalue weighted by Gasteiger charge is -2.37. The summed E-state index contributed by atoms with van der Waals surface area (Å²) in [6.07, 6.45) is 0.0217. The molecule has 0 aromatic heterocycles. The smallest absolute Gasteiger partial charge is 0.277 e. The molecular formula is C19H22N2O6S. The fourth-order valence-corrected chi connectivity index (χ4v) is 5.18. The van der Waals surface area contributed by atoms with Crippen molar-refractivity contribution in [3.8, 4) is 11.5 Å². The minimum Gasteiger partial charge on any atom is -0.457 e. The molecule has 28 heavy (non-hydrogen) atoms. The molecule has 2 unspecified atom stereocenters. The highest BCUT2D eigenvalue weighted by Gasteiger charge is 2.52. The Bertz CT molecular complexity index is 943. The van der Waals surface area contributed by atoms with Gasteiger partial charge in [-0.2, -0.15) is 0 Å². The maximum atomic E-state index is 13.0. The highest BCUT2D eigenvalue weighted by Crippen LogP contribution is 2.31. The van der Waals surface area contributed by atoms with Crippen LogP contribution in [0.3, 0.4) is 0 Å². The Balaban J connectivity index is 1.85. The predicted octanol–water partition coefficient (Wildman–Crippen LogP) is 1.16. The first-order valence-electron chi connectivity index (χ1n) is 8.73. The summed E-state index contributed by atoms with van der Waals surface area (Å²) in [6.45, 7) is 2.00. The van der Waals surface area contributed by atoms with Crippen LogP contribution in [0.25, 0.3) is 0 Å². The van der Waals surface area contributed by atoms with Crippen molar-refractivity contribution in [2.24, 2.45) is 0 Å². The number of piperidine rings is 1. The minimum absolute atomic E-state index is 0.0217. The van der Waals surface area contributed by atoms with E-state index in [2.05, 4.69) is 5.32 Å². The summed E-state index contributed by atoms with van der Waals surface area (Å²) in [7, 11) is -4.04. The summed E-state index contributed by atoms with van der Waals surface area (Å²) in [5.41, 5.74) is 0.174. The Hall–Kier alpha value is -2.46. The number of hydrogen-bond acceptors (Lipinski definition) is 7. The Labute approximate surface area is 163 Å². The van der Waals surface area contributed by atoms with Crippen LogP contribution < -0.4 is 15.5 Å². The molecule has 0 bridgehead atoms. The second-order valence-electron chi connectivity index (χ2n) is 6.75. The van der Waals surface area contributed by atoms with Gasteiger partial charge in [-0.15, -0.1) is 0 Å². The molecule has 1 aliphatic rings. The molecule has 0 saturated carbocycles. The Morgan fingerprint density at radius 2 is 1.71 bits per heavy atom. The van der Waals surface area contributed by atoms with E-state index in [1.54, 1.807) is 0 Å². The average Bonchev–Trinajstić information content (AvgIpc) is 2.69. The Morgan fingerprint density at radius 1 is 1.14 bits per heavy atom. The lowest BCUT2D eigenvalue weighted by atomic mass is 9.93. The summed E-state index contributed by atoms with van der Waals surface area (Å²) in [5, 5.41) is 20.9. The molecule has 1 aliphatic heterocycles. The average molecular weight is 406 g/mol. The third kappa shape index (κ3) is 3.88. The number of β-amino-alcohol motifs (C(OH)–C–C–N with tert-alkyl or cyclic N) is 1. The quantitative estimate of drug-likeness (QED) is 0.434. The maximum Gasteiger partial charge on any atom is 0.277 e. The van der Waals surface area contributed by atoms with Crippen LogP contribution in [0.4, 0.5) is 0 Å². The molecule has 9 heteroatoms. The van der Waals surface area contributed by atoms with Crippen molar-refractivity contribution in [3.63, 3.8) is 0 Å². The van der Waals surface area contributed by atoms with Gasteiger partial charge in [0.1, 0.15) is 16.7 Å². The SMILES string of the molecule is Cc1ccc(Oc2ccc(S(=O)(=O)C3CCNCC3(O)C(=O)NO)cc2)cc1. The second kappa shape index (κ2) is 7.88. The van der Waals surface area contributed by atoms with Crippen LogP contribution in [-0.4, -0.2) is 48.6 Å². The van der Waals surface area contributed by atoms with E-state index in [0.29, 0.717) is 18.0 Å². The van der Waals surface area contributed by atoms with Crippen LogP contribution in [0.15, 0.2) is 53.4 Å². The summed E-state index contributed by atoms with van der Waals surface area (Å²) >= 11 is 0. The number of hydroxylamine groups is 1. The van der Waals surface area contributed by atoms with Gasteiger partial charge >= 0.3 is 0 Å². The molecule has 4 N–H and O–H groups in total. The zero-order chi connectivity index (χ0) is 20.4. The summed E-state index contributed by atoms with van der Waals surface area (Å²) in [4.78, 5) is 11.9. The number of amides is 1. The van der Waals surface area contributed by atoms with Crippen LogP contribution in [0, 0.1) is 6.92 Å². The normalized spacial score (nSPS) is 22.5. The van der Waals surface area contributed by atoms with Gasteiger partial charge in [-0.3, -0.25) is 10.0 Å². The molecule has 3 rings (SSSR count). The van der Waals surface area contributed by atoms with E-state index < -0.39 is 26.6 Å². The first kappa shape index (κ1) is 20.3. The predicted molar refractivity (Wildman–Crippen MR) is 101 cm³/mol. The minimum atomic E-state index is -4.04. The molecular weight excluding hydrogens is 384 g/mol. The number of sulfone groups is 1. The Morgan fingerprint density at radius 3 is 2.29 bits per heavy atom. The molecule has 1 heterocycles. The van der Waals surface area contributed by atoms with Crippen molar-refractivity contribution >= 4 is 15.7 Å². The standard InChI is InChI=1S/C19H22N2O6S/c1-13-2-4-14(5-3-13)27-15-6-8-16(9-7-15)28(25,26)17-10-11-20-12-19(17,23)18(22)21-24/h2-9,17,20,23-24H,10-12H2,1H3,(H,21,22). The van der Waals surface area contributed by atoms with Gasteiger partial charge in [0, 0.05) is 6.54 Å². The van der Waals surface area contributed by atoms with Gasteiger partial charge in [0.15, 0.2) is 15.4 Å². The van der Waals surface area contributed by atoms with Gasteiger partial charge in [-0.25, -0.2) is 13.9 Å². The molecule has 2 aromatic carbocycles. The molecule has 2 aromatic rings. The number of aryl methyl sites for hydroxylation is 1. The molecule has 0 spiro atoms. The van der Waals surface area contributed by atoms with E-state index in [9.17, 15) is 18.3 Å². The van der Waals surface area contributed by atoms with E-state index in [1.807, 2.05) is 31.2 Å². The lowest BCUT2D eigenvalue weighted by Crippen LogP contribution is -2.65. The topological polar surface area (TPSA) is 125 Å². The number of nitrogens with one attached hydrogen (secondary N) is 2. The Kier molecular flexibility index (Phi) is 5.71. The van der Waals surface area contributed by atoms with Crippen LogP contribution in [0.5, 0.6) is 11.5 Å². The van der Waals surface area contributed by atoms with Crippen LogP contribution >= 0.6 is 0 Å². The van der Waals surface area contributed by atoms with Crippen molar-refractivity contribution < 1.29 is 28.3 Å². The molecule has 150 valence electrons. The zero-order valence-corrected chi connectivity index (χ0v) is 16.1. The van der Waals surface area contributed by atoms with Gasteiger partial charge in [0.2, 0.25) is 0 Å². The van der Waals surface area contributed by atoms with Gasteiger partial charge in [0.05, 0.1) is 4.90 Å². The van der Waals surface area contributed by atoms with E-state index in [0.717, 1.165) is 5.56 Å². The monoisotopic (exact) mass is 406 g/mol. The summed E-state index contributed by atoms with van der Waals surface area (Å²) in [5.74, 6) is -0.0855. The first-order chi connectivity index (χ1) is 13.3. The van der Waals surface area contributed by atoms with Crippen LogP contribution in [0.2, 0.25) is 0 Å². The number of ether oxygens (including phenoxy) is 1. The van der Waals surface area contributed by atoms with Gasteiger partial charge in [-0.05, 0) is 56.3 Å². The molecule has 1 fully saturated rings. The highest BCUT2D eigenvalue weighted by atomic mass is 32.2. The maximum absolute atomic E-state index is 13.0. The van der Waals surface area contributed by atoms with Crippen LogP contribution in [0.1, 0.15) is 12.0 Å². The number of rotatable bonds is 5. The fraction of sp³-hybridized carbons (Fsp3) is 0.316. The molecule has 0 radical (unpaired) electrons. The number of carbonyl (C=O) groups is 1. The second-order valence-corrected chi connectivity index (χ2v) is 8.88. The largest absolute Gasteiger partial charge is 0.457 e. The molecule has 1 amide bonds. The van der Waals surface area contributed by atoms with Gasteiger partial charge < -0.3 is 15.2 Å². The molecule has 1 saturated heterocycles. The summed E-state index contributed by atoms with van der Waals surface area (Å²) < 4.78 is 31.8. The van der Waals surface area contributed by atoms with Crippen molar-refractivity contribution in [3.05, 3.63) is 54.1 Å². The van der Waals surface area contributed by atoms with Crippen LogP contribution in [-0.2, 0) is 14.6 Å². The van der Waals surface area contributed by atoms with E-state index in [-0.39, 0.29) is 17.9 Å².